The van der Waals surface area contributed by atoms with Crippen molar-refractivity contribution in [2.45, 2.75) is 25.4 Å². The van der Waals surface area contributed by atoms with E-state index in [0.717, 1.165) is 12.5 Å². The third-order valence-electron chi connectivity index (χ3n) is 2.64. The summed E-state index contributed by atoms with van der Waals surface area (Å²) in [6, 6.07) is 0. The Bertz CT molecular complexity index is 106. The Balaban J connectivity index is 1.78. The van der Waals surface area contributed by atoms with Crippen molar-refractivity contribution in [2.24, 2.45) is 5.92 Å². The molecule has 10 heavy (non-hydrogen) atoms. The van der Waals surface area contributed by atoms with Crippen LogP contribution in [0, 0.1) is 5.92 Å². The first-order valence-electron chi connectivity index (χ1n) is 4.29. The topological polar surface area (TPSA) is 21.3 Å². The Morgan fingerprint density at radius 1 is 1.10 bits per heavy atom. The Labute approximate surface area is 61.9 Å². The van der Waals surface area contributed by atoms with E-state index in [1.54, 1.807) is 0 Å². The van der Waals surface area contributed by atoms with Crippen molar-refractivity contribution < 1.29 is 4.74 Å². The molecule has 2 nitrogen and oxygen atoms in total. The van der Waals surface area contributed by atoms with E-state index >= 15 is 0 Å². The maximum absolute atomic E-state index is 5.44. The predicted octanol–water partition coefficient (Wildman–Crippen LogP) is 0.775. The molecule has 0 saturated carbocycles. The molecular formula is C8H15NO. The van der Waals surface area contributed by atoms with Crippen LogP contribution in [0.3, 0.4) is 0 Å². The van der Waals surface area contributed by atoms with Crippen LogP contribution in [-0.4, -0.2) is 25.8 Å². The van der Waals surface area contributed by atoms with Gasteiger partial charge in [-0.2, -0.15) is 0 Å². The van der Waals surface area contributed by atoms with Gasteiger partial charge in [-0.1, -0.05) is 0 Å². The van der Waals surface area contributed by atoms with Gasteiger partial charge in [0.1, 0.15) is 0 Å². The van der Waals surface area contributed by atoms with Crippen molar-refractivity contribution in [3.05, 3.63) is 0 Å². The summed E-state index contributed by atoms with van der Waals surface area (Å²) in [6.45, 7) is 3.41. The summed E-state index contributed by atoms with van der Waals surface area (Å²) >= 11 is 0. The first-order chi connectivity index (χ1) is 4.97. The van der Waals surface area contributed by atoms with E-state index in [4.69, 9.17) is 4.74 Å². The average Bonchev–Trinajstić information content (AvgIpc) is 1.86. The van der Waals surface area contributed by atoms with E-state index in [1.807, 2.05) is 0 Å². The molecule has 2 aliphatic rings. The van der Waals surface area contributed by atoms with Gasteiger partial charge in [0.05, 0.1) is 6.10 Å². The minimum absolute atomic E-state index is 0.627. The minimum atomic E-state index is 0.627. The molecule has 58 valence electrons. The van der Waals surface area contributed by atoms with Gasteiger partial charge in [0.15, 0.2) is 0 Å². The highest BCUT2D eigenvalue weighted by Crippen LogP contribution is 2.26. The van der Waals surface area contributed by atoms with Crippen LogP contribution in [0.25, 0.3) is 0 Å². The first kappa shape index (κ1) is 6.62. The predicted molar refractivity (Wildman–Crippen MR) is 40.0 cm³/mol. The molecule has 2 fully saturated rings. The van der Waals surface area contributed by atoms with E-state index in [1.165, 1.54) is 32.4 Å². The van der Waals surface area contributed by atoms with E-state index in [0.29, 0.717) is 6.10 Å². The fraction of sp³-hybridized carbons (Fsp3) is 1.00. The summed E-state index contributed by atoms with van der Waals surface area (Å²) in [4.78, 5) is 0. The van der Waals surface area contributed by atoms with Crippen LogP contribution in [-0.2, 0) is 4.74 Å². The van der Waals surface area contributed by atoms with E-state index in [9.17, 15) is 0 Å². The molecule has 0 amide bonds. The van der Waals surface area contributed by atoms with Gasteiger partial charge in [-0.25, -0.2) is 0 Å². The Hall–Kier alpha value is -0.0800. The van der Waals surface area contributed by atoms with Gasteiger partial charge in [0, 0.05) is 6.61 Å². The summed E-state index contributed by atoms with van der Waals surface area (Å²) in [5, 5.41) is 3.36. The summed E-state index contributed by atoms with van der Waals surface area (Å²) in [7, 11) is 0. The van der Waals surface area contributed by atoms with Gasteiger partial charge < -0.3 is 10.1 Å². The first-order valence-corrected chi connectivity index (χ1v) is 4.29. The summed E-state index contributed by atoms with van der Waals surface area (Å²) in [5.74, 6) is 0.870. The molecular weight excluding hydrogens is 126 g/mol. The minimum Gasteiger partial charge on any atom is -0.378 e. The zero-order valence-electron chi connectivity index (χ0n) is 6.31. The molecule has 0 radical (unpaired) electrons. The second-order valence-electron chi connectivity index (χ2n) is 3.29. The number of rotatable bonds is 1. The molecule has 0 spiro atoms. The Morgan fingerprint density at radius 3 is 2.30 bits per heavy atom. The fourth-order valence-electron chi connectivity index (χ4n) is 1.84. The standard InChI is InChI=1S/C8H15NO/c1-4-9-5-2-7(1)8-3-6-10-8/h7-9H,1-6H2/t8-/m1/s1. The number of ether oxygens (including phenoxy) is 1. The summed E-state index contributed by atoms with van der Waals surface area (Å²) < 4.78 is 5.44. The summed E-state index contributed by atoms with van der Waals surface area (Å²) in [5.41, 5.74) is 0. The Kier molecular flexibility index (Phi) is 1.91. The molecule has 0 bridgehead atoms. The molecule has 0 unspecified atom stereocenters. The van der Waals surface area contributed by atoms with Crippen molar-refractivity contribution in [1.29, 1.82) is 0 Å². The van der Waals surface area contributed by atoms with Crippen molar-refractivity contribution in [3.8, 4) is 0 Å². The number of hydrogen-bond donors (Lipinski definition) is 1. The number of hydrogen-bond acceptors (Lipinski definition) is 2. The highest BCUT2D eigenvalue weighted by Gasteiger charge is 2.28. The normalized spacial score (nSPS) is 35.4. The van der Waals surface area contributed by atoms with Gasteiger partial charge in [0.2, 0.25) is 0 Å². The van der Waals surface area contributed by atoms with Gasteiger partial charge >= 0.3 is 0 Å². The van der Waals surface area contributed by atoms with Gasteiger partial charge in [0.25, 0.3) is 0 Å². The highest BCUT2D eigenvalue weighted by molar-refractivity contribution is 4.80. The third-order valence-corrected chi connectivity index (χ3v) is 2.64. The van der Waals surface area contributed by atoms with Crippen molar-refractivity contribution in [2.75, 3.05) is 19.7 Å². The Morgan fingerprint density at radius 2 is 1.80 bits per heavy atom. The molecule has 0 aromatic rings. The molecule has 0 aromatic heterocycles. The lowest BCUT2D eigenvalue weighted by Gasteiger charge is -2.36. The number of piperidine rings is 1. The monoisotopic (exact) mass is 141 g/mol. The molecule has 1 atom stereocenters. The maximum atomic E-state index is 5.44. The molecule has 2 aliphatic heterocycles. The quantitative estimate of drug-likeness (QED) is 0.582. The SMILES string of the molecule is C1CC([C@H]2CCO2)CCN1. The zero-order chi connectivity index (χ0) is 6.81. The van der Waals surface area contributed by atoms with Crippen molar-refractivity contribution in [1.82, 2.24) is 5.32 Å². The van der Waals surface area contributed by atoms with E-state index in [-0.39, 0.29) is 0 Å². The third kappa shape index (κ3) is 1.18. The van der Waals surface area contributed by atoms with Crippen LogP contribution in [0.2, 0.25) is 0 Å². The molecule has 2 heterocycles. The molecule has 0 aliphatic carbocycles. The number of nitrogens with one attached hydrogen (secondary N) is 1. The van der Waals surface area contributed by atoms with E-state index < -0.39 is 0 Å². The molecule has 1 N–H and O–H groups in total. The van der Waals surface area contributed by atoms with E-state index in [2.05, 4.69) is 5.32 Å². The fourth-order valence-corrected chi connectivity index (χ4v) is 1.84. The molecule has 0 aromatic carbocycles. The lowest BCUT2D eigenvalue weighted by Crippen LogP contribution is -2.40. The molecule has 2 saturated heterocycles. The van der Waals surface area contributed by atoms with Gasteiger partial charge in [-0.15, -0.1) is 0 Å². The second kappa shape index (κ2) is 2.89. The molecule has 2 rings (SSSR count). The van der Waals surface area contributed by atoms with Crippen LogP contribution in [0.15, 0.2) is 0 Å². The maximum Gasteiger partial charge on any atom is 0.0626 e. The van der Waals surface area contributed by atoms with Gasteiger partial charge in [-0.3, -0.25) is 0 Å². The van der Waals surface area contributed by atoms with Crippen LogP contribution in [0.4, 0.5) is 0 Å². The smallest absolute Gasteiger partial charge is 0.0626 e. The van der Waals surface area contributed by atoms with Crippen LogP contribution in [0.1, 0.15) is 19.3 Å². The zero-order valence-corrected chi connectivity index (χ0v) is 6.31. The average molecular weight is 141 g/mol. The highest BCUT2D eigenvalue weighted by atomic mass is 16.5. The van der Waals surface area contributed by atoms with Crippen LogP contribution >= 0.6 is 0 Å². The second-order valence-corrected chi connectivity index (χ2v) is 3.29. The van der Waals surface area contributed by atoms with Crippen molar-refractivity contribution in [3.63, 3.8) is 0 Å². The lowest BCUT2D eigenvalue weighted by molar-refractivity contribution is -0.0905. The molecule has 2 heteroatoms. The largest absolute Gasteiger partial charge is 0.378 e. The van der Waals surface area contributed by atoms with Crippen LogP contribution in [0.5, 0.6) is 0 Å². The van der Waals surface area contributed by atoms with Crippen molar-refractivity contribution >= 4 is 0 Å². The van der Waals surface area contributed by atoms with Gasteiger partial charge in [-0.05, 0) is 38.3 Å². The lowest BCUT2D eigenvalue weighted by atomic mass is 9.88. The summed E-state index contributed by atoms with van der Waals surface area (Å²) in [6.07, 6.45) is 4.59. The van der Waals surface area contributed by atoms with Crippen LogP contribution < -0.4 is 5.32 Å².